The van der Waals surface area contributed by atoms with E-state index in [1.807, 2.05) is 36.4 Å². The molecule has 0 aliphatic carbocycles. The van der Waals surface area contributed by atoms with Crippen molar-refractivity contribution in [1.82, 2.24) is 15.3 Å². The van der Waals surface area contributed by atoms with Crippen LogP contribution in [0.4, 0.5) is 0 Å². The van der Waals surface area contributed by atoms with Crippen LogP contribution in [0.25, 0.3) is 32.9 Å². The Morgan fingerprint density at radius 2 is 1.14 bits per heavy atom. The van der Waals surface area contributed by atoms with Crippen LogP contribution >= 0.6 is 0 Å². The van der Waals surface area contributed by atoms with Crippen LogP contribution in [0.5, 0.6) is 0 Å². The average Bonchev–Trinajstić information content (AvgIpc) is 2.87. The smallest absolute Gasteiger partial charge is 1.00 e. The predicted octanol–water partition coefficient (Wildman–Crippen LogP) is -0.419. The molecule has 3 N–H and O–H groups in total. The van der Waals surface area contributed by atoms with Gasteiger partial charge in [0.05, 0.1) is 11.4 Å². The molecule has 7 heteroatoms. The van der Waals surface area contributed by atoms with Gasteiger partial charge in [0.15, 0.2) is 0 Å². The largest absolute Gasteiger partial charge is 4.00 e. The fraction of sp³-hybridized carbons (Fsp3) is 0.143. The molecule has 0 spiro atoms. The SMILES string of the molecule is NCCCNCc1c2ccccc2cc2ccccc12.[Cl-].[Cl-].[Pt+4].c1ccc(-c2ccccn2)nc1. The monoisotopic (exact) mass is 685 g/mol. The molecule has 5 rings (SSSR count). The summed E-state index contributed by atoms with van der Waals surface area (Å²) >= 11 is 0. The van der Waals surface area contributed by atoms with Crippen LogP contribution in [0.1, 0.15) is 12.0 Å². The minimum absolute atomic E-state index is 0. The summed E-state index contributed by atoms with van der Waals surface area (Å²) in [5, 5.41) is 8.80. The van der Waals surface area contributed by atoms with Gasteiger partial charge in [0.2, 0.25) is 0 Å². The van der Waals surface area contributed by atoms with Crippen LogP contribution in [-0.2, 0) is 27.6 Å². The van der Waals surface area contributed by atoms with E-state index < -0.39 is 0 Å². The summed E-state index contributed by atoms with van der Waals surface area (Å²) in [7, 11) is 0. The second-order valence-corrected chi connectivity index (χ2v) is 7.55. The second-order valence-electron chi connectivity index (χ2n) is 7.55. The quantitative estimate of drug-likeness (QED) is 0.189. The van der Waals surface area contributed by atoms with Crippen LogP contribution in [0.15, 0.2) is 103 Å². The van der Waals surface area contributed by atoms with Crippen molar-refractivity contribution in [1.29, 1.82) is 0 Å². The molecule has 5 aromatic rings. The number of hydrogen-bond donors (Lipinski definition) is 2. The number of nitrogens with two attached hydrogens (primary N) is 1. The van der Waals surface area contributed by atoms with E-state index in [9.17, 15) is 0 Å². The Morgan fingerprint density at radius 1 is 0.657 bits per heavy atom. The molecule has 4 nitrogen and oxygen atoms in total. The van der Waals surface area contributed by atoms with Gasteiger partial charge in [-0.15, -0.1) is 0 Å². The number of rotatable bonds is 6. The standard InChI is InChI=1S/C18H20N2.C10H8N2.2ClH.Pt/c19-10-5-11-20-13-18-16-8-3-1-6-14(16)12-15-7-2-4-9-17(15)18;1-3-7-11-9(5-1)10-6-2-4-8-12-10;;;/h1-4,6-9,12,20H,5,10-11,13,19H2;1-8H;2*1H;/q;;;;+4/p-2. The average molecular weight is 687 g/mol. The molecule has 0 unspecified atom stereocenters. The molecule has 0 amide bonds. The second kappa shape index (κ2) is 16.4. The zero-order chi connectivity index (χ0) is 22.0. The van der Waals surface area contributed by atoms with E-state index >= 15 is 0 Å². The molecule has 35 heavy (non-hydrogen) atoms. The van der Waals surface area contributed by atoms with E-state index in [1.165, 1.54) is 27.1 Å². The van der Waals surface area contributed by atoms with Gasteiger partial charge in [-0.1, -0.05) is 60.7 Å². The Bertz CT molecular complexity index is 1180. The summed E-state index contributed by atoms with van der Waals surface area (Å²) in [6, 6.07) is 31.1. The zero-order valence-corrected chi connectivity index (χ0v) is 23.0. The van der Waals surface area contributed by atoms with E-state index in [-0.39, 0.29) is 45.9 Å². The molecule has 2 aromatic heterocycles. The van der Waals surface area contributed by atoms with Crippen molar-refractivity contribution >= 4 is 21.5 Å². The van der Waals surface area contributed by atoms with E-state index in [0.29, 0.717) is 0 Å². The zero-order valence-electron chi connectivity index (χ0n) is 19.2. The maximum Gasteiger partial charge on any atom is 4.00 e. The van der Waals surface area contributed by atoms with Crippen molar-refractivity contribution in [3.63, 3.8) is 0 Å². The van der Waals surface area contributed by atoms with Crippen molar-refractivity contribution in [3.05, 3.63) is 109 Å². The molecule has 0 atom stereocenters. The van der Waals surface area contributed by atoms with E-state index in [1.54, 1.807) is 12.4 Å². The number of fused-ring (bicyclic) bond motifs is 2. The van der Waals surface area contributed by atoms with Gasteiger partial charge in [0.25, 0.3) is 0 Å². The van der Waals surface area contributed by atoms with E-state index in [4.69, 9.17) is 5.73 Å². The molecule has 0 aliphatic heterocycles. The number of aromatic nitrogens is 2. The van der Waals surface area contributed by atoms with Crippen molar-refractivity contribution in [3.8, 4) is 11.4 Å². The van der Waals surface area contributed by atoms with Crippen molar-refractivity contribution < 1.29 is 45.9 Å². The first-order valence-corrected chi connectivity index (χ1v) is 11.0. The van der Waals surface area contributed by atoms with Gasteiger partial charge < -0.3 is 35.9 Å². The summed E-state index contributed by atoms with van der Waals surface area (Å²) in [4.78, 5) is 8.37. The molecular formula is C28H28Cl2N4Pt+2. The molecule has 182 valence electrons. The maximum atomic E-state index is 5.55. The van der Waals surface area contributed by atoms with E-state index in [0.717, 1.165) is 37.4 Å². The first-order valence-electron chi connectivity index (χ1n) is 11.0. The molecule has 0 saturated carbocycles. The van der Waals surface area contributed by atoms with Gasteiger partial charge in [-0.25, -0.2) is 0 Å². The van der Waals surface area contributed by atoms with Gasteiger partial charge in [-0.3, -0.25) is 9.97 Å². The molecule has 0 fully saturated rings. The van der Waals surface area contributed by atoms with Crippen LogP contribution < -0.4 is 35.9 Å². The Hall–Kier alpha value is -2.33. The first kappa shape index (κ1) is 30.7. The predicted molar refractivity (Wildman–Crippen MR) is 134 cm³/mol. The topological polar surface area (TPSA) is 63.8 Å². The maximum absolute atomic E-state index is 5.55. The minimum Gasteiger partial charge on any atom is -1.00 e. The van der Waals surface area contributed by atoms with Gasteiger partial charge in [-0.05, 0) is 77.0 Å². The number of benzene rings is 3. The third-order valence-corrected chi connectivity index (χ3v) is 5.33. The Balaban J connectivity index is 0.000000356. The summed E-state index contributed by atoms with van der Waals surface area (Å²) in [5.74, 6) is 0. The Kier molecular flexibility index (Phi) is 14.3. The third kappa shape index (κ3) is 8.38. The molecule has 0 radical (unpaired) electrons. The first-order chi connectivity index (χ1) is 15.9. The molecule has 0 bridgehead atoms. The van der Waals surface area contributed by atoms with Crippen LogP contribution in [-0.4, -0.2) is 23.1 Å². The summed E-state index contributed by atoms with van der Waals surface area (Å²) in [5.41, 5.74) is 8.76. The van der Waals surface area contributed by atoms with Crippen LogP contribution in [0, 0.1) is 0 Å². The van der Waals surface area contributed by atoms with Gasteiger partial charge in [0, 0.05) is 18.9 Å². The summed E-state index contributed by atoms with van der Waals surface area (Å²) in [6.45, 7) is 2.60. The number of nitrogens with zero attached hydrogens (tertiary/aromatic N) is 2. The normalized spacial score (nSPS) is 9.74. The van der Waals surface area contributed by atoms with Crippen molar-refractivity contribution in [2.45, 2.75) is 13.0 Å². The Labute approximate surface area is 233 Å². The molecule has 3 aromatic carbocycles. The summed E-state index contributed by atoms with van der Waals surface area (Å²) < 4.78 is 0. The number of pyridine rings is 2. The van der Waals surface area contributed by atoms with Crippen molar-refractivity contribution in [2.24, 2.45) is 5.73 Å². The van der Waals surface area contributed by atoms with E-state index in [2.05, 4.69) is 69.9 Å². The molecule has 2 heterocycles. The molecule has 0 aliphatic rings. The fourth-order valence-corrected chi connectivity index (χ4v) is 3.77. The molecule has 0 saturated heterocycles. The van der Waals surface area contributed by atoms with Gasteiger partial charge in [0.1, 0.15) is 0 Å². The fourth-order valence-electron chi connectivity index (χ4n) is 3.77. The van der Waals surface area contributed by atoms with Gasteiger partial charge in [-0.2, -0.15) is 0 Å². The Morgan fingerprint density at radius 3 is 1.60 bits per heavy atom. The summed E-state index contributed by atoms with van der Waals surface area (Å²) in [6.07, 6.45) is 4.55. The van der Waals surface area contributed by atoms with Gasteiger partial charge >= 0.3 is 21.1 Å². The van der Waals surface area contributed by atoms with Crippen LogP contribution in [0.3, 0.4) is 0 Å². The number of nitrogens with one attached hydrogen (secondary N) is 1. The third-order valence-electron chi connectivity index (χ3n) is 5.33. The molecular weight excluding hydrogens is 658 g/mol. The van der Waals surface area contributed by atoms with Crippen LogP contribution in [0.2, 0.25) is 0 Å². The van der Waals surface area contributed by atoms with Crippen molar-refractivity contribution in [2.75, 3.05) is 13.1 Å². The minimum atomic E-state index is 0. The number of hydrogen-bond acceptors (Lipinski definition) is 4. The number of halogens is 2.